The summed E-state index contributed by atoms with van der Waals surface area (Å²) in [5, 5.41) is 0. The summed E-state index contributed by atoms with van der Waals surface area (Å²) in [5.41, 5.74) is 2.26. The monoisotopic (exact) mass is 387 g/mol. The lowest BCUT2D eigenvalue weighted by atomic mass is 10.2. The van der Waals surface area contributed by atoms with Crippen LogP contribution in [0.3, 0.4) is 0 Å². The van der Waals surface area contributed by atoms with Crippen LogP contribution in [0.15, 0.2) is 47.4 Å². The summed E-state index contributed by atoms with van der Waals surface area (Å²) in [6.45, 7) is 3.67. The molecule has 0 saturated carbocycles. The fraction of sp³-hybridized carbons (Fsp3) is 0.143. The van der Waals surface area contributed by atoms with Crippen LogP contribution in [0.1, 0.15) is 11.1 Å². The van der Waals surface area contributed by atoms with Crippen LogP contribution in [0.4, 0.5) is 5.69 Å². The molecule has 0 fully saturated rings. The predicted octanol–water partition coefficient (Wildman–Crippen LogP) is 3.71. The standard InChI is InChI=1S/C14H14INO2S/c1-10-7-8-12(15)9-13(10)16-19(17,18)14-6-4-3-5-11(14)2/h3-9,16H,1-2H3. The van der Waals surface area contributed by atoms with E-state index in [4.69, 9.17) is 0 Å². The van der Waals surface area contributed by atoms with Gasteiger partial charge in [0.15, 0.2) is 0 Å². The van der Waals surface area contributed by atoms with Crippen molar-refractivity contribution in [3.8, 4) is 0 Å². The third kappa shape index (κ3) is 3.27. The van der Waals surface area contributed by atoms with Gasteiger partial charge in [-0.25, -0.2) is 8.42 Å². The molecule has 2 rings (SSSR count). The molecule has 0 radical (unpaired) electrons. The van der Waals surface area contributed by atoms with E-state index >= 15 is 0 Å². The number of anilines is 1. The number of halogens is 1. The van der Waals surface area contributed by atoms with Crippen molar-refractivity contribution in [2.75, 3.05) is 4.72 Å². The second-order valence-corrected chi connectivity index (χ2v) is 7.23. The third-order valence-electron chi connectivity index (χ3n) is 2.83. The largest absolute Gasteiger partial charge is 0.279 e. The Morgan fingerprint density at radius 2 is 1.68 bits per heavy atom. The first kappa shape index (κ1) is 14.3. The fourth-order valence-corrected chi connectivity index (χ4v) is 3.62. The second-order valence-electron chi connectivity index (χ2n) is 4.33. The zero-order chi connectivity index (χ0) is 14.0. The fourth-order valence-electron chi connectivity index (χ4n) is 1.76. The summed E-state index contributed by atoms with van der Waals surface area (Å²) in [6, 6.07) is 12.6. The molecule has 0 aromatic heterocycles. The number of rotatable bonds is 3. The maximum Gasteiger partial charge on any atom is 0.262 e. The minimum atomic E-state index is -3.54. The molecule has 2 aromatic rings. The smallest absolute Gasteiger partial charge is 0.262 e. The van der Waals surface area contributed by atoms with Gasteiger partial charge in [-0.15, -0.1) is 0 Å². The molecule has 2 aromatic carbocycles. The lowest BCUT2D eigenvalue weighted by molar-refractivity contribution is 0.600. The second kappa shape index (κ2) is 5.50. The highest BCUT2D eigenvalue weighted by atomic mass is 127. The molecular formula is C14H14INO2S. The third-order valence-corrected chi connectivity index (χ3v) is 5.02. The van der Waals surface area contributed by atoms with Crippen molar-refractivity contribution in [3.63, 3.8) is 0 Å². The van der Waals surface area contributed by atoms with E-state index in [0.717, 1.165) is 14.7 Å². The quantitative estimate of drug-likeness (QED) is 0.817. The van der Waals surface area contributed by atoms with Crippen LogP contribution in [-0.2, 0) is 10.0 Å². The van der Waals surface area contributed by atoms with Crippen LogP contribution < -0.4 is 4.72 Å². The number of nitrogens with one attached hydrogen (secondary N) is 1. The van der Waals surface area contributed by atoms with Gasteiger partial charge in [-0.2, -0.15) is 0 Å². The highest BCUT2D eigenvalue weighted by molar-refractivity contribution is 14.1. The summed E-state index contributed by atoms with van der Waals surface area (Å²) >= 11 is 2.16. The number of sulfonamides is 1. The SMILES string of the molecule is Cc1ccc(I)cc1NS(=O)(=O)c1ccccc1C. The van der Waals surface area contributed by atoms with Crippen molar-refractivity contribution in [1.29, 1.82) is 0 Å². The van der Waals surface area contributed by atoms with Gasteiger partial charge in [-0.1, -0.05) is 24.3 Å². The number of hydrogen-bond donors (Lipinski definition) is 1. The van der Waals surface area contributed by atoms with E-state index in [-0.39, 0.29) is 0 Å². The van der Waals surface area contributed by atoms with Crippen LogP contribution in [0, 0.1) is 17.4 Å². The van der Waals surface area contributed by atoms with Gasteiger partial charge in [0.25, 0.3) is 10.0 Å². The van der Waals surface area contributed by atoms with Gasteiger partial charge in [0, 0.05) is 3.57 Å². The van der Waals surface area contributed by atoms with Gasteiger partial charge in [-0.3, -0.25) is 4.72 Å². The molecule has 100 valence electrons. The minimum absolute atomic E-state index is 0.313. The Balaban J connectivity index is 2.43. The highest BCUT2D eigenvalue weighted by Crippen LogP contribution is 2.23. The molecule has 0 atom stereocenters. The summed E-state index contributed by atoms with van der Waals surface area (Å²) in [7, 11) is -3.54. The molecule has 0 heterocycles. The zero-order valence-electron chi connectivity index (χ0n) is 10.6. The molecule has 0 spiro atoms. The van der Waals surface area contributed by atoms with Gasteiger partial charge in [-0.05, 0) is 65.8 Å². The van der Waals surface area contributed by atoms with Crippen molar-refractivity contribution >= 4 is 38.3 Å². The molecule has 1 N–H and O–H groups in total. The first-order valence-electron chi connectivity index (χ1n) is 5.75. The van der Waals surface area contributed by atoms with Crippen LogP contribution in [0.5, 0.6) is 0 Å². The molecular weight excluding hydrogens is 373 g/mol. The van der Waals surface area contributed by atoms with E-state index in [9.17, 15) is 8.42 Å². The van der Waals surface area contributed by atoms with Crippen LogP contribution in [-0.4, -0.2) is 8.42 Å². The van der Waals surface area contributed by atoms with E-state index in [1.165, 1.54) is 0 Å². The zero-order valence-corrected chi connectivity index (χ0v) is 13.6. The van der Waals surface area contributed by atoms with Gasteiger partial charge in [0.2, 0.25) is 0 Å². The van der Waals surface area contributed by atoms with Gasteiger partial charge < -0.3 is 0 Å². The molecule has 0 bridgehead atoms. The van der Waals surface area contributed by atoms with Gasteiger partial charge in [0.05, 0.1) is 10.6 Å². The van der Waals surface area contributed by atoms with Crippen LogP contribution in [0.25, 0.3) is 0 Å². The topological polar surface area (TPSA) is 46.2 Å². The Bertz CT molecular complexity index is 711. The minimum Gasteiger partial charge on any atom is -0.279 e. The average molecular weight is 387 g/mol. The first-order valence-corrected chi connectivity index (χ1v) is 8.31. The molecule has 0 aliphatic carbocycles. The van der Waals surface area contributed by atoms with E-state index in [2.05, 4.69) is 27.3 Å². The summed E-state index contributed by atoms with van der Waals surface area (Å²) in [6.07, 6.45) is 0. The molecule has 19 heavy (non-hydrogen) atoms. The van der Waals surface area contributed by atoms with Crippen molar-refractivity contribution in [1.82, 2.24) is 0 Å². The summed E-state index contributed by atoms with van der Waals surface area (Å²) in [4.78, 5) is 0.313. The van der Waals surface area contributed by atoms with Crippen LogP contribution >= 0.6 is 22.6 Å². The van der Waals surface area contributed by atoms with Gasteiger partial charge in [0.1, 0.15) is 0 Å². The first-order chi connectivity index (χ1) is 8.90. The molecule has 3 nitrogen and oxygen atoms in total. The summed E-state index contributed by atoms with van der Waals surface area (Å²) < 4.78 is 28.4. The highest BCUT2D eigenvalue weighted by Gasteiger charge is 2.17. The maximum absolute atomic E-state index is 12.4. The van der Waals surface area contributed by atoms with Crippen molar-refractivity contribution < 1.29 is 8.42 Å². The Morgan fingerprint density at radius 3 is 2.37 bits per heavy atom. The van der Waals surface area contributed by atoms with E-state index in [0.29, 0.717) is 10.6 Å². The molecule has 0 aliphatic rings. The van der Waals surface area contributed by atoms with E-state index in [1.807, 2.05) is 31.2 Å². The van der Waals surface area contributed by atoms with E-state index in [1.54, 1.807) is 25.1 Å². The molecule has 5 heteroatoms. The Morgan fingerprint density at radius 1 is 1.00 bits per heavy atom. The predicted molar refractivity (Wildman–Crippen MR) is 85.9 cm³/mol. The van der Waals surface area contributed by atoms with Crippen molar-refractivity contribution in [3.05, 3.63) is 57.2 Å². The lowest BCUT2D eigenvalue weighted by Crippen LogP contribution is -2.15. The maximum atomic E-state index is 12.4. The number of aryl methyl sites for hydroxylation is 2. The average Bonchev–Trinajstić information content (AvgIpc) is 2.34. The number of hydrogen-bond acceptors (Lipinski definition) is 2. The normalized spacial score (nSPS) is 11.3. The van der Waals surface area contributed by atoms with E-state index < -0.39 is 10.0 Å². The number of benzene rings is 2. The lowest BCUT2D eigenvalue weighted by Gasteiger charge is -2.12. The molecule has 0 aliphatic heterocycles. The summed E-state index contributed by atoms with van der Waals surface area (Å²) in [5.74, 6) is 0. The molecule has 0 unspecified atom stereocenters. The Hall–Kier alpha value is -1.08. The van der Waals surface area contributed by atoms with Crippen molar-refractivity contribution in [2.45, 2.75) is 18.7 Å². The molecule has 0 amide bonds. The Labute approximate surface area is 127 Å². The Kier molecular flexibility index (Phi) is 4.15. The van der Waals surface area contributed by atoms with Gasteiger partial charge >= 0.3 is 0 Å². The van der Waals surface area contributed by atoms with Crippen LogP contribution in [0.2, 0.25) is 0 Å². The molecule has 0 saturated heterocycles. The van der Waals surface area contributed by atoms with Crippen molar-refractivity contribution in [2.24, 2.45) is 0 Å².